The van der Waals surface area contributed by atoms with Crippen molar-refractivity contribution in [3.05, 3.63) is 206 Å². The zero-order chi connectivity index (χ0) is 66.2. The predicted octanol–water partition coefficient (Wildman–Crippen LogP) is 24.2. The summed E-state index contributed by atoms with van der Waals surface area (Å²) in [6.45, 7) is 61.4. The molecule has 4 bridgehead atoms. The van der Waals surface area contributed by atoms with Gasteiger partial charge in [0.2, 0.25) is 0 Å². The number of halogens is 2. The van der Waals surface area contributed by atoms with Crippen molar-refractivity contribution in [3.63, 3.8) is 0 Å². The van der Waals surface area contributed by atoms with E-state index < -0.39 is 21.1 Å². The molecule has 0 unspecified atom stereocenters. The van der Waals surface area contributed by atoms with Gasteiger partial charge in [0.15, 0.2) is 0 Å². The third-order valence-electron chi connectivity index (χ3n) is 29.6. The molecule has 3 heteroatoms. The molecule has 0 radical (unpaired) electrons. The van der Waals surface area contributed by atoms with Crippen LogP contribution >= 0.6 is 20.0 Å². The van der Waals surface area contributed by atoms with Gasteiger partial charge in [-0.3, -0.25) is 0 Å². The molecule has 0 heterocycles. The Morgan fingerprint density at radius 2 is 0.370 bits per heavy atom. The van der Waals surface area contributed by atoms with Gasteiger partial charge in [-0.05, 0) is 0 Å². The molecule has 12 aliphatic rings. The van der Waals surface area contributed by atoms with E-state index >= 15 is 0 Å². The Bertz CT molecular complexity index is 3890. The standard InChI is InChI=1S/C89H112Cl2Ge/c1-76(2)25-31-82(13,14)68-43-56-50(37-62(68)76)74-51-38-63-69(83(15,16)32-26-77(63,3)4)44-57(51)88(56,58-45-70-64(39-52(58)74)78(5,6)27-33-84(70,17)18)49-92(90,91)89-59-46-71-65(79(7,8)28-34-85(71,19)20)40-53(59)75(54-41-66-72(47-60(54)89)86(21,22)35-29-80(66,9)10)55-42-67-73(48-61(55)89)87(23,24)36-30-81(67,11)12/h37-48,74-75H,25-36,49H2,1-24H3. The van der Waals surface area contributed by atoms with E-state index in [1.54, 1.807) is 50.1 Å². The van der Waals surface area contributed by atoms with Gasteiger partial charge in [-0.1, -0.05) is 0 Å². The van der Waals surface area contributed by atoms with Crippen molar-refractivity contribution < 1.29 is 0 Å². The molecule has 12 aliphatic carbocycles. The minimum atomic E-state index is -4.98. The van der Waals surface area contributed by atoms with Crippen molar-refractivity contribution in [2.24, 2.45) is 0 Å². The maximum atomic E-state index is 10.1. The van der Waals surface area contributed by atoms with Gasteiger partial charge in [0, 0.05) is 0 Å². The number of benzene rings is 6. The van der Waals surface area contributed by atoms with Crippen LogP contribution in [0.4, 0.5) is 0 Å². The molecule has 18 rings (SSSR count). The topological polar surface area (TPSA) is 0 Å². The molecule has 0 nitrogen and oxygen atoms in total. The van der Waals surface area contributed by atoms with E-state index in [9.17, 15) is 20.0 Å². The Kier molecular flexibility index (Phi) is 12.5. The molecule has 0 N–H and O–H groups in total. The molecule has 6 aromatic rings. The maximum absolute atomic E-state index is 10.1. The summed E-state index contributed by atoms with van der Waals surface area (Å²) >= 11 is -4.98. The Morgan fingerprint density at radius 3 is 0.543 bits per heavy atom. The summed E-state index contributed by atoms with van der Waals surface area (Å²) in [5.74, 6) is 0.147. The summed E-state index contributed by atoms with van der Waals surface area (Å²) < 4.78 is -0.812. The van der Waals surface area contributed by atoms with E-state index in [1.807, 2.05) is 0 Å². The van der Waals surface area contributed by atoms with Crippen LogP contribution in [-0.4, -0.2) is 11.4 Å². The fraction of sp³-hybridized carbons (Fsp3) is 0.596. The van der Waals surface area contributed by atoms with Crippen molar-refractivity contribution in [2.45, 2.75) is 335 Å². The van der Waals surface area contributed by atoms with Gasteiger partial charge in [-0.15, -0.1) is 0 Å². The van der Waals surface area contributed by atoms with Gasteiger partial charge in [-0.2, -0.15) is 0 Å². The second kappa shape index (κ2) is 18.2. The molecule has 0 atom stereocenters. The summed E-state index contributed by atoms with van der Waals surface area (Å²) in [5, 5.41) is 0.691. The second-order valence-corrected chi connectivity index (χ2v) is 53.9. The van der Waals surface area contributed by atoms with Crippen LogP contribution in [0, 0.1) is 0 Å². The van der Waals surface area contributed by atoms with Crippen LogP contribution in [0.2, 0.25) is 5.25 Å². The molecule has 92 heavy (non-hydrogen) atoms. The third-order valence-corrected chi connectivity index (χ3v) is 40.0. The van der Waals surface area contributed by atoms with E-state index in [1.165, 1.54) is 122 Å². The quantitative estimate of drug-likeness (QED) is 0.155. The third kappa shape index (κ3) is 7.97. The first-order chi connectivity index (χ1) is 42.2. The SMILES string of the molecule is CC1(C)CCC(C)(C)c2cc3c(cc21)C1c2cc4c(cc2C3([CH2][Ge]([Cl])([Cl])[C]23c5cc6c(cc5C(c5cc7c(cc52)C(C)(C)CCC7(C)C)c2cc5c(cc23)C(C)(C)CCC5(C)C)C(C)(C)CCC6(C)C)c2cc3c(cc21)C(C)(C)CCC3(C)C)C(C)(C)CCC4(C)C. The van der Waals surface area contributed by atoms with Gasteiger partial charge in [0.25, 0.3) is 0 Å². The molecule has 6 aromatic carbocycles. The molecule has 0 saturated carbocycles. The van der Waals surface area contributed by atoms with Crippen molar-refractivity contribution in [2.75, 3.05) is 0 Å². The Morgan fingerprint density at radius 1 is 0.228 bits per heavy atom. The Balaban J connectivity index is 1.11. The molecule has 0 aliphatic heterocycles. The van der Waals surface area contributed by atoms with Crippen LogP contribution in [-0.2, 0) is 74.6 Å². The zero-order valence-corrected chi connectivity index (χ0v) is 65.1. The summed E-state index contributed by atoms with van der Waals surface area (Å²) in [6, 6.07) is 33.9. The van der Waals surface area contributed by atoms with Gasteiger partial charge >= 0.3 is 573 Å². The average molecular weight is 1330 g/mol. The van der Waals surface area contributed by atoms with E-state index in [4.69, 9.17) is 0 Å². The summed E-state index contributed by atoms with van der Waals surface area (Å²) in [7, 11) is 20.2. The Labute approximate surface area is 568 Å². The fourth-order valence-electron chi connectivity index (χ4n) is 22.5. The summed E-state index contributed by atoms with van der Waals surface area (Å²) in [5.41, 5.74) is 35.8. The Hall–Kier alpha value is -3.56. The van der Waals surface area contributed by atoms with E-state index in [-0.39, 0.29) is 76.8 Å². The van der Waals surface area contributed by atoms with Crippen LogP contribution < -0.4 is 0 Å². The summed E-state index contributed by atoms with van der Waals surface area (Å²) in [6.07, 6.45) is 14.0. The van der Waals surface area contributed by atoms with Gasteiger partial charge in [0.1, 0.15) is 0 Å². The van der Waals surface area contributed by atoms with Crippen molar-refractivity contribution in [1.29, 1.82) is 0 Å². The minimum absolute atomic E-state index is 0.0100. The molecule has 0 spiro atoms. The number of hydrogen-bond donors (Lipinski definition) is 0. The number of fused-ring (bicyclic) bond motifs is 6. The normalized spacial score (nSPS) is 29.4. The molecular formula is C89H112Cl2Ge. The van der Waals surface area contributed by atoms with Gasteiger partial charge in [-0.25, -0.2) is 0 Å². The molecule has 0 saturated heterocycles. The first kappa shape index (κ1) is 63.2. The summed E-state index contributed by atoms with van der Waals surface area (Å²) in [4.78, 5) is 0. The zero-order valence-electron chi connectivity index (χ0n) is 61.5. The van der Waals surface area contributed by atoms with Crippen LogP contribution in [0.3, 0.4) is 0 Å². The average Bonchev–Trinajstić information content (AvgIpc) is 0.650. The molecular weight excluding hydrogens is 1210 g/mol. The van der Waals surface area contributed by atoms with E-state index in [2.05, 4.69) is 239 Å². The van der Waals surface area contributed by atoms with E-state index in [0.29, 0.717) is 5.25 Å². The number of rotatable bonds is 3. The molecule has 0 amide bonds. The first-order valence-corrected chi connectivity index (χ1v) is 44.8. The van der Waals surface area contributed by atoms with Crippen molar-refractivity contribution in [1.82, 2.24) is 0 Å². The first-order valence-electron chi connectivity index (χ1n) is 36.7. The van der Waals surface area contributed by atoms with Gasteiger partial charge < -0.3 is 0 Å². The fourth-order valence-corrected chi connectivity index (χ4v) is 34.8. The van der Waals surface area contributed by atoms with Crippen molar-refractivity contribution >= 4 is 31.4 Å². The monoisotopic (exact) mass is 1320 g/mol. The number of hydrogen-bond acceptors (Lipinski definition) is 0. The van der Waals surface area contributed by atoms with E-state index in [0.717, 1.165) is 38.5 Å². The molecule has 0 aromatic heterocycles. The van der Waals surface area contributed by atoms with Gasteiger partial charge in [0.05, 0.1) is 0 Å². The van der Waals surface area contributed by atoms with Crippen LogP contribution in [0.15, 0.2) is 72.8 Å². The predicted molar refractivity (Wildman–Crippen MR) is 394 cm³/mol. The van der Waals surface area contributed by atoms with Crippen LogP contribution in [0.1, 0.15) is 389 Å². The molecule has 486 valence electrons. The molecule has 0 fully saturated rings. The van der Waals surface area contributed by atoms with Crippen molar-refractivity contribution in [3.8, 4) is 0 Å². The van der Waals surface area contributed by atoms with Crippen LogP contribution in [0.5, 0.6) is 0 Å². The second-order valence-electron chi connectivity index (χ2n) is 40.9. The van der Waals surface area contributed by atoms with Crippen LogP contribution in [0.25, 0.3) is 0 Å².